The minimum Gasteiger partial charge on any atom is -0.444 e. The first kappa shape index (κ1) is 30.1. The maximum Gasteiger partial charge on any atom is 0.407 e. The molecule has 2 unspecified atom stereocenters. The summed E-state index contributed by atoms with van der Waals surface area (Å²) in [6.07, 6.45) is 10.7. The van der Waals surface area contributed by atoms with Gasteiger partial charge < -0.3 is 30.9 Å². The lowest BCUT2D eigenvalue weighted by Gasteiger charge is -2.40. The van der Waals surface area contributed by atoms with Crippen molar-refractivity contribution in [3.63, 3.8) is 0 Å². The molecule has 2 atom stereocenters. The van der Waals surface area contributed by atoms with Gasteiger partial charge in [-0.15, -0.1) is 0 Å². The molecule has 2 amide bonds. The van der Waals surface area contributed by atoms with Gasteiger partial charge in [-0.1, -0.05) is 25.0 Å². The highest BCUT2D eigenvalue weighted by Gasteiger charge is 2.32. The van der Waals surface area contributed by atoms with Crippen LogP contribution in [0, 0.1) is 0 Å². The van der Waals surface area contributed by atoms with Crippen LogP contribution in [0.2, 0.25) is 0 Å². The number of piperidine rings is 2. The van der Waals surface area contributed by atoms with Crippen molar-refractivity contribution in [3.8, 4) is 0 Å². The van der Waals surface area contributed by atoms with Gasteiger partial charge >= 0.3 is 6.09 Å². The summed E-state index contributed by atoms with van der Waals surface area (Å²) in [4.78, 5) is 38.7. The molecule has 1 saturated carbocycles. The van der Waals surface area contributed by atoms with Gasteiger partial charge in [0.1, 0.15) is 11.4 Å². The molecule has 10 heteroatoms. The summed E-state index contributed by atoms with van der Waals surface area (Å²) in [7, 11) is 0. The Morgan fingerprint density at radius 3 is 2.31 bits per heavy atom. The Morgan fingerprint density at radius 2 is 1.67 bits per heavy atom. The van der Waals surface area contributed by atoms with Gasteiger partial charge in [-0.05, 0) is 103 Å². The molecule has 1 aliphatic carbocycles. The van der Waals surface area contributed by atoms with Crippen LogP contribution in [0.15, 0.2) is 30.5 Å². The van der Waals surface area contributed by atoms with Gasteiger partial charge in [0.05, 0.1) is 12.2 Å². The number of hydrogen-bond donors (Lipinski definition) is 3. The zero-order valence-corrected chi connectivity index (χ0v) is 25.6. The van der Waals surface area contributed by atoms with Crippen LogP contribution in [-0.4, -0.2) is 70.2 Å². The van der Waals surface area contributed by atoms with Gasteiger partial charge in [0.2, 0.25) is 0 Å². The van der Waals surface area contributed by atoms with Crippen LogP contribution in [0.25, 0.3) is 0 Å². The van der Waals surface area contributed by atoms with E-state index in [9.17, 15) is 9.59 Å². The largest absolute Gasteiger partial charge is 0.444 e. The SMILES string of the molecule is CC1C(NC(=O)OC(C)(C)C)CCCN1c1cnc(C(N)=O)c(Nc2ccc(C3CCN(C4CCCC4)CC3)cc2)n1. The van der Waals surface area contributed by atoms with E-state index in [1.54, 1.807) is 6.20 Å². The molecule has 0 bridgehead atoms. The minimum absolute atomic E-state index is 0.0489. The first-order valence-corrected chi connectivity index (χ1v) is 15.6. The van der Waals surface area contributed by atoms with E-state index in [0.29, 0.717) is 17.6 Å². The summed E-state index contributed by atoms with van der Waals surface area (Å²) in [5.41, 5.74) is 7.38. The number of ether oxygens (including phenoxy) is 1. The maximum absolute atomic E-state index is 12.4. The molecule has 1 aromatic carbocycles. The van der Waals surface area contributed by atoms with Crippen molar-refractivity contribution in [1.29, 1.82) is 0 Å². The lowest BCUT2D eigenvalue weighted by atomic mass is 9.88. The quantitative estimate of drug-likeness (QED) is 0.404. The van der Waals surface area contributed by atoms with E-state index in [-0.39, 0.29) is 17.8 Å². The molecule has 10 nitrogen and oxygen atoms in total. The van der Waals surface area contributed by atoms with Gasteiger partial charge in [-0.2, -0.15) is 0 Å². The van der Waals surface area contributed by atoms with Gasteiger partial charge in [0, 0.05) is 24.3 Å². The van der Waals surface area contributed by atoms with E-state index in [1.807, 2.05) is 32.9 Å². The van der Waals surface area contributed by atoms with E-state index in [4.69, 9.17) is 15.5 Å². The third kappa shape index (κ3) is 7.32. The third-order valence-corrected chi connectivity index (χ3v) is 8.99. The van der Waals surface area contributed by atoms with Crippen LogP contribution < -0.4 is 21.3 Å². The molecule has 3 fully saturated rings. The number of benzene rings is 1. The number of nitrogens with two attached hydrogens (primary N) is 1. The second-order valence-corrected chi connectivity index (χ2v) is 13.1. The minimum atomic E-state index is -0.640. The Labute approximate surface area is 249 Å². The Bertz CT molecular complexity index is 1230. The number of likely N-dealkylation sites (tertiary alicyclic amines) is 1. The van der Waals surface area contributed by atoms with E-state index in [1.165, 1.54) is 57.2 Å². The Hall–Kier alpha value is -3.40. The lowest BCUT2D eigenvalue weighted by molar-refractivity contribution is 0.0489. The zero-order chi connectivity index (χ0) is 29.9. The molecule has 2 aromatic rings. The van der Waals surface area contributed by atoms with Crippen LogP contribution in [0.1, 0.15) is 101 Å². The normalized spacial score (nSPS) is 22.6. The van der Waals surface area contributed by atoms with Gasteiger partial charge in [0.25, 0.3) is 5.91 Å². The second-order valence-electron chi connectivity index (χ2n) is 13.1. The lowest BCUT2D eigenvalue weighted by Crippen LogP contribution is -2.55. The van der Waals surface area contributed by atoms with Crippen LogP contribution in [0.4, 0.5) is 22.1 Å². The van der Waals surface area contributed by atoms with Gasteiger partial charge in [-0.25, -0.2) is 14.8 Å². The number of nitrogens with zero attached hydrogens (tertiary/aromatic N) is 4. The van der Waals surface area contributed by atoms with Gasteiger partial charge in [-0.3, -0.25) is 4.79 Å². The molecule has 4 N–H and O–H groups in total. The van der Waals surface area contributed by atoms with Crippen LogP contribution in [-0.2, 0) is 4.74 Å². The molecule has 5 rings (SSSR count). The van der Waals surface area contributed by atoms with Crippen LogP contribution in [0.5, 0.6) is 0 Å². The predicted molar refractivity (Wildman–Crippen MR) is 165 cm³/mol. The standard InChI is InChI=1S/C32H47N7O3/c1-21-26(36-31(41)42-32(2,3)4)10-7-17-39(21)27-20-34-28(29(33)40)30(37-27)35-24-13-11-22(12-14-24)23-15-18-38(19-16-23)25-8-5-6-9-25/h11-14,20-21,23,25-26H,5-10,15-19H2,1-4H3,(H2,33,40)(H,35,37)(H,36,41). The Morgan fingerprint density at radius 1 is 0.976 bits per heavy atom. The summed E-state index contributed by atoms with van der Waals surface area (Å²) < 4.78 is 5.47. The first-order chi connectivity index (χ1) is 20.1. The summed E-state index contributed by atoms with van der Waals surface area (Å²) >= 11 is 0. The fourth-order valence-electron chi connectivity index (χ4n) is 6.75. The summed E-state index contributed by atoms with van der Waals surface area (Å²) in [5.74, 6) is 0.880. The molecule has 2 aliphatic heterocycles. The number of alkyl carbamates (subject to hydrolysis) is 1. The van der Waals surface area contributed by atoms with Gasteiger partial charge in [0.15, 0.2) is 11.5 Å². The van der Waals surface area contributed by atoms with Crippen LogP contribution >= 0.6 is 0 Å². The molecular formula is C32H47N7O3. The van der Waals surface area contributed by atoms with E-state index in [2.05, 4.69) is 44.5 Å². The Balaban J connectivity index is 1.25. The summed E-state index contributed by atoms with van der Waals surface area (Å²) in [5, 5.41) is 6.31. The van der Waals surface area contributed by atoms with Crippen molar-refractivity contribution in [2.45, 2.75) is 109 Å². The number of nitrogens with one attached hydrogen (secondary N) is 2. The number of carbonyl (C=O) groups excluding carboxylic acids is 2. The van der Waals surface area contributed by atoms with Crippen molar-refractivity contribution < 1.29 is 14.3 Å². The summed E-state index contributed by atoms with van der Waals surface area (Å²) in [6.45, 7) is 10.7. The predicted octanol–water partition coefficient (Wildman–Crippen LogP) is 5.32. The molecule has 0 spiro atoms. The number of anilines is 3. The van der Waals surface area contributed by atoms with Crippen molar-refractivity contribution in [1.82, 2.24) is 20.2 Å². The number of rotatable bonds is 7. The topological polar surface area (TPSA) is 126 Å². The molecule has 1 aromatic heterocycles. The van der Waals surface area contributed by atoms with E-state index < -0.39 is 17.6 Å². The molecule has 3 heterocycles. The molecule has 42 heavy (non-hydrogen) atoms. The number of aromatic nitrogens is 2. The molecule has 3 aliphatic rings. The van der Waals surface area contributed by atoms with Crippen LogP contribution in [0.3, 0.4) is 0 Å². The number of carbonyl (C=O) groups is 2. The third-order valence-electron chi connectivity index (χ3n) is 8.99. The van der Waals surface area contributed by atoms with Crippen molar-refractivity contribution >= 4 is 29.3 Å². The highest BCUT2D eigenvalue weighted by molar-refractivity contribution is 5.96. The maximum atomic E-state index is 12.4. The van der Waals surface area contributed by atoms with Crippen molar-refractivity contribution in [2.24, 2.45) is 5.73 Å². The first-order valence-electron chi connectivity index (χ1n) is 15.6. The molecule has 0 radical (unpaired) electrons. The van der Waals surface area contributed by atoms with Crippen molar-refractivity contribution in [3.05, 3.63) is 41.7 Å². The average molecular weight is 578 g/mol. The average Bonchev–Trinajstić information content (AvgIpc) is 3.49. The zero-order valence-electron chi connectivity index (χ0n) is 25.6. The number of hydrogen-bond acceptors (Lipinski definition) is 8. The highest BCUT2D eigenvalue weighted by atomic mass is 16.6. The fourth-order valence-corrected chi connectivity index (χ4v) is 6.75. The highest BCUT2D eigenvalue weighted by Crippen LogP contribution is 2.33. The van der Waals surface area contributed by atoms with E-state index in [0.717, 1.165) is 31.1 Å². The smallest absolute Gasteiger partial charge is 0.407 e. The molecule has 228 valence electrons. The second kappa shape index (κ2) is 12.9. The van der Waals surface area contributed by atoms with E-state index >= 15 is 0 Å². The number of amides is 2. The number of primary amides is 1. The fraction of sp³-hybridized carbons (Fsp3) is 0.625. The van der Waals surface area contributed by atoms with Crippen molar-refractivity contribution in [2.75, 3.05) is 29.9 Å². The molecule has 2 saturated heterocycles. The monoisotopic (exact) mass is 577 g/mol. The summed E-state index contributed by atoms with van der Waals surface area (Å²) in [6, 6.07) is 9.09. The Kier molecular flexibility index (Phi) is 9.20. The molecular weight excluding hydrogens is 530 g/mol.